The third-order valence-corrected chi connectivity index (χ3v) is 3.34. The third-order valence-electron chi connectivity index (χ3n) is 3.01. The summed E-state index contributed by atoms with van der Waals surface area (Å²) in [5.41, 5.74) is 2.53. The number of aromatic nitrogens is 1. The van der Waals surface area contributed by atoms with Gasteiger partial charge in [0.05, 0.1) is 16.3 Å². The summed E-state index contributed by atoms with van der Waals surface area (Å²) in [6.07, 6.45) is -3.86. The van der Waals surface area contributed by atoms with Crippen LogP contribution in [-0.4, -0.2) is 10.9 Å². The van der Waals surface area contributed by atoms with Gasteiger partial charge in [-0.15, -0.1) is 0 Å². The second kappa shape index (κ2) is 6.97. The fraction of sp³-hybridized carbons (Fsp3) is 0.200. The number of halogens is 4. The van der Waals surface area contributed by atoms with Crippen molar-refractivity contribution in [3.63, 3.8) is 0 Å². The second-order valence-corrected chi connectivity index (χ2v) is 5.09. The number of hydrogen-bond donors (Lipinski definition) is 1. The van der Waals surface area contributed by atoms with Crippen molar-refractivity contribution in [2.24, 2.45) is 0 Å². The monoisotopic (exact) mass is 344 g/mol. The molecule has 1 heterocycles. The van der Waals surface area contributed by atoms with E-state index in [1.54, 1.807) is 31.2 Å². The number of alkyl halides is 3. The van der Waals surface area contributed by atoms with E-state index in [1.807, 2.05) is 0 Å². The van der Waals surface area contributed by atoms with Crippen molar-refractivity contribution >= 4 is 17.5 Å². The van der Waals surface area contributed by atoms with Crippen LogP contribution >= 0.6 is 11.6 Å². The van der Waals surface area contributed by atoms with Crippen LogP contribution in [-0.2, 0) is 17.6 Å². The minimum absolute atomic E-state index is 0.0877. The topological polar surface area (TPSA) is 51.2 Å². The molecule has 0 atom stereocenters. The van der Waals surface area contributed by atoms with Gasteiger partial charge in [0.2, 0.25) is 0 Å². The quantitative estimate of drug-likeness (QED) is 0.855. The van der Waals surface area contributed by atoms with Gasteiger partial charge in [-0.2, -0.15) is 13.2 Å². The summed E-state index contributed by atoms with van der Waals surface area (Å²) in [5.74, 6) is -0.467. The van der Waals surface area contributed by atoms with Crippen LogP contribution in [0, 0.1) is 6.92 Å². The molecule has 2 rings (SSSR count). The Balaban J connectivity index is 1.97. The molecular formula is C15H12ClF3N2O2. The SMILES string of the molecule is Cc1ccccc1C(=O)NOCc1ncc(C(F)(F)F)cc1Cl. The summed E-state index contributed by atoms with van der Waals surface area (Å²) in [6.45, 7) is 1.51. The molecule has 0 bridgehead atoms. The molecule has 122 valence electrons. The average Bonchev–Trinajstić information content (AvgIpc) is 2.48. The number of carbonyl (C=O) groups excluding carboxylic acids is 1. The number of pyridine rings is 1. The molecule has 8 heteroatoms. The maximum absolute atomic E-state index is 12.5. The molecule has 1 aromatic carbocycles. The van der Waals surface area contributed by atoms with Crippen molar-refractivity contribution in [3.8, 4) is 0 Å². The molecular weight excluding hydrogens is 333 g/mol. The predicted octanol–water partition coefficient (Wildman–Crippen LogP) is 3.92. The van der Waals surface area contributed by atoms with Gasteiger partial charge in [0, 0.05) is 11.8 Å². The van der Waals surface area contributed by atoms with Crippen LogP contribution in [0.15, 0.2) is 36.5 Å². The van der Waals surface area contributed by atoms with Crippen molar-refractivity contribution in [1.82, 2.24) is 10.5 Å². The van der Waals surface area contributed by atoms with Crippen molar-refractivity contribution < 1.29 is 22.8 Å². The van der Waals surface area contributed by atoms with Gasteiger partial charge in [0.1, 0.15) is 6.61 Å². The number of amides is 1. The standard InChI is InChI=1S/C15H12ClF3N2O2/c1-9-4-2-3-5-11(9)14(22)21-23-8-13-12(16)6-10(7-20-13)15(17,18)19/h2-7H,8H2,1H3,(H,21,22). The zero-order valence-electron chi connectivity index (χ0n) is 11.9. The summed E-state index contributed by atoms with van der Waals surface area (Å²) in [4.78, 5) is 20.5. The van der Waals surface area contributed by atoms with E-state index in [1.165, 1.54) is 0 Å². The van der Waals surface area contributed by atoms with E-state index in [-0.39, 0.29) is 17.3 Å². The predicted molar refractivity (Wildman–Crippen MR) is 77.7 cm³/mol. The highest BCUT2D eigenvalue weighted by Crippen LogP contribution is 2.31. The molecule has 2 aromatic rings. The summed E-state index contributed by atoms with van der Waals surface area (Å²) in [7, 11) is 0. The first-order valence-electron chi connectivity index (χ1n) is 6.48. The largest absolute Gasteiger partial charge is 0.417 e. The Morgan fingerprint density at radius 2 is 2.04 bits per heavy atom. The van der Waals surface area contributed by atoms with Crippen LogP contribution in [0.1, 0.15) is 27.2 Å². The smallest absolute Gasteiger partial charge is 0.267 e. The Morgan fingerprint density at radius 3 is 2.65 bits per heavy atom. The molecule has 0 saturated heterocycles. The van der Waals surface area contributed by atoms with E-state index in [0.717, 1.165) is 11.6 Å². The molecule has 0 saturated carbocycles. The maximum Gasteiger partial charge on any atom is 0.417 e. The van der Waals surface area contributed by atoms with Gasteiger partial charge in [-0.05, 0) is 24.6 Å². The number of rotatable bonds is 4. The van der Waals surface area contributed by atoms with Crippen molar-refractivity contribution in [2.75, 3.05) is 0 Å². The lowest BCUT2D eigenvalue weighted by molar-refractivity contribution is -0.137. The molecule has 4 nitrogen and oxygen atoms in total. The Morgan fingerprint density at radius 1 is 1.35 bits per heavy atom. The van der Waals surface area contributed by atoms with Gasteiger partial charge < -0.3 is 0 Å². The van der Waals surface area contributed by atoms with Gasteiger partial charge >= 0.3 is 6.18 Å². The van der Waals surface area contributed by atoms with Gasteiger partial charge in [-0.1, -0.05) is 29.8 Å². The number of aryl methyl sites for hydroxylation is 1. The average molecular weight is 345 g/mol. The normalized spacial score (nSPS) is 11.3. The number of hydroxylamine groups is 1. The van der Waals surface area contributed by atoms with Crippen molar-refractivity contribution in [1.29, 1.82) is 0 Å². The zero-order valence-corrected chi connectivity index (χ0v) is 12.7. The lowest BCUT2D eigenvalue weighted by Gasteiger charge is -2.10. The Kier molecular flexibility index (Phi) is 5.23. The van der Waals surface area contributed by atoms with Gasteiger partial charge in [0.25, 0.3) is 5.91 Å². The number of carbonyl (C=O) groups is 1. The van der Waals surface area contributed by atoms with Gasteiger partial charge in [0.15, 0.2) is 0 Å². The van der Waals surface area contributed by atoms with Crippen molar-refractivity contribution in [2.45, 2.75) is 19.7 Å². The second-order valence-electron chi connectivity index (χ2n) is 4.69. The van der Waals surface area contributed by atoms with E-state index in [9.17, 15) is 18.0 Å². The molecule has 0 unspecified atom stereocenters. The van der Waals surface area contributed by atoms with Gasteiger partial charge in [-0.25, -0.2) is 5.48 Å². The molecule has 0 aliphatic rings. The lowest BCUT2D eigenvalue weighted by atomic mass is 10.1. The first-order chi connectivity index (χ1) is 10.8. The first-order valence-corrected chi connectivity index (χ1v) is 6.86. The third kappa shape index (κ3) is 4.43. The van der Waals surface area contributed by atoms with Crippen LogP contribution in [0.4, 0.5) is 13.2 Å². The number of benzene rings is 1. The van der Waals surface area contributed by atoms with Crippen LogP contribution in [0.2, 0.25) is 5.02 Å². The van der Waals surface area contributed by atoms with Crippen LogP contribution < -0.4 is 5.48 Å². The molecule has 23 heavy (non-hydrogen) atoms. The minimum Gasteiger partial charge on any atom is -0.267 e. The fourth-order valence-corrected chi connectivity index (χ4v) is 2.00. The number of nitrogens with zero attached hydrogens (tertiary/aromatic N) is 1. The lowest BCUT2D eigenvalue weighted by Crippen LogP contribution is -2.24. The highest BCUT2D eigenvalue weighted by Gasteiger charge is 2.31. The fourth-order valence-electron chi connectivity index (χ4n) is 1.78. The Labute approximate surface area is 135 Å². The maximum atomic E-state index is 12.5. The summed E-state index contributed by atoms with van der Waals surface area (Å²) >= 11 is 5.74. The highest BCUT2D eigenvalue weighted by molar-refractivity contribution is 6.31. The van der Waals surface area contributed by atoms with E-state index >= 15 is 0 Å². The van der Waals surface area contributed by atoms with Crippen LogP contribution in [0.25, 0.3) is 0 Å². The first kappa shape index (κ1) is 17.2. The summed E-state index contributed by atoms with van der Waals surface area (Å²) in [5, 5.41) is -0.190. The highest BCUT2D eigenvalue weighted by atomic mass is 35.5. The molecule has 0 aliphatic carbocycles. The number of nitrogens with one attached hydrogen (secondary N) is 1. The molecule has 1 N–H and O–H groups in total. The molecule has 1 amide bonds. The molecule has 0 aliphatic heterocycles. The number of hydrogen-bond acceptors (Lipinski definition) is 3. The summed E-state index contributed by atoms with van der Waals surface area (Å²) < 4.78 is 37.5. The molecule has 0 spiro atoms. The zero-order chi connectivity index (χ0) is 17.0. The minimum atomic E-state index is -4.52. The van der Waals surface area contributed by atoms with E-state index in [2.05, 4.69) is 10.5 Å². The van der Waals surface area contributed by atoms with Crippen LogP contribution in [0.5, 0.6) is 0 Å². The molecule has 0 fully saturated rings. The summed E-state index contributed by atoms with van der Waals surface area (Å²) in [6, 6.07) is 7.64. The molecule has 0 radical (unpaired) electrons. The van der Waals surface area contributed by atoms with E-state index in [4.69, 9.17) is 16.4 Å². The Hall–Kier alpha value is -2.12. The van der Waals surface area contributed by atoms with E-state index < -0.39 is 17.6 Å². The van der Waals surface area contributed by atoms with E-state index in [0.29, 0.717) is 11.8 Å². The van der Waals surface area contributed by atoms with Crippen molar-refractivity contribution in [3.05, 3.63) is 63.9 Å². The Bertz CT molecular complexity index is 720. The van der Waals surface area contributed by atoms with Gasteiger partial charge in [-0.3, -0.25) is 14.6 Å². The molecule has 1 aromatic heterocycles. The van der Waals surface area contributed by atoms with Crippen LogP contribution in [0.3, 0.4) is 0 Å².